The highest BCUT2D eigenvalue weighted by molar-refractivity contribution is 6.01. The number of hydrogen-bond acceptors (Lipinski definition) is 7. The van der Waals surface area contributed by atoms with Crippen molar-refractivity contribution in [3.63, 3.8) is 0 Å². The molecule has 3 rings (SSSR count). The molecule has 0 bridgehead atoms. The number of benzene rings is 3. The summed E-state index contributed by atoms with van der Waals surface area (Å²) in [6.07, 6.45) is -14.9. The van der Waals surface area contributed by atoms with Crippen LogP contribution in [-0.4, -0.2) is 48.2 Å². The van der Waals surface area contributed by atoms with Gasteiger partial charge in [-0.05, 0) is 60.7 Å². The highest BCUT2D eigenvalue weighted by atomic mass is 19.4. The van der Waals surface area contributed by atoms with Crippen LogP contribution in [0, 0.1) is 0 Å². The lowest BCUT2D eigenvalue weighted by Gasteiger charge is -2.24. The first kappa shape index (κ1) is 31.4. The topological polar surface area (TPSA) is 128 Å². The molecule has 2 N–H and O–H groups in total. The summed E-state index contributed by atoms with van der Waals surface area (Å²) in [5, 5.41) is 12.0. The number of carbonyl (C=O) groups is 4. The van der Waals surface area contributed by atoms with Crippen LogP contribution in [0.3, 0.4) is 0 Å². The van der Waals surface area contributed by atoms with E-state index in [-0.39, 0.29) is 5.69 Å². The molecule has 0 aliphatic carbocycles. The fourth-order valence-electron chi connectivity index (χ4n) is 3.39. The van der Waals surface area contributed by atoms with E-state index in [2.05, 4.69) is 5.32 Å². The van der Waals surface area contributed by atoms with Gasteiger partial charge >= 0.3 is 30.3 Å². The number of amides is 1. The zero-order valence-corrected chi connectivity index (χ0v) is 21.2. The monoisotopic (exact) mass is 599 g/mol. The number of carboxylic acids is 1. The van der Waals surface area contributed by atoms with Gasteiger partial charge in [-0.25, -0.2) is 14.4 Å². The Morgan fingerprint density at radius 1 is 0.714 bits per heavy atom. The number of ether oxygens (including phenoxy) is 3. The van der Waals surface area contributed by atoms with Crippen molar-refractivity contribution < 1.29 is 64.8 Å². The fraction of sp³-hybridized carbons (Fsp3) is 0.185. The number of rotatable bonds is 9. The number of aliphatic carboxylic acids is 1. The van der Waals surface area contributed by atoms with E-state index in [0.29, 0.717) is 30.0 Å². The molecular weight excluding hydrogens is 580 g/mol. The van der Waals surface area contributed by atoms with Gasteiger partial charge in [0.25, 0.3) is 5.91 Å². The van der Waals surface area contributed by atoms with Crippen molar-refractivity contribution >= 4 is 29.5 Å². The Hall–Kier alpha value is -5.08. The van der Waals surface area contributed by atoms with Crippen LogP contribution in [0.2, 0.25) is 0 Å². The van der Waals surface area contributed by atoms with Gasteiger partial charge in [0.05, 0.1) is 29.4 Å². The third kappa shape index (κ3) is 7.99. The molecule has 0 saturated carbocycles. The Balaban J connectivity index is 1.96. The molecule has 3 aromatic carbocycles. The Bertz CT molecular complexity index is 1470. The summed E-state index contributed by atoms with van der Waals surface area (Å²) in [6, 6.07) is 10.9. The second-order valence-electron chi connectivity index (χ2n) is 8.36. The second kappa shape index (κ2) is 12.6. The van der Waals surface area contributed by atoms with E-state index < -0.39 is 70.6 Å². The van der Waals surface area contributed by atoms with Gasteiger partial charge in [0.1, 0.15) is 5.75 Å². The molecule has 0 aromatic heterocycles. The van der Waals surface area contributed by atoms with Crippen molar-refractivity contribution in [3.8, 4) is 5.75 Å². The standard InChI is InChI=1S/C27H19F6NO8/c1-40-19-10-8-18(9-11-19)34-22(35)20(41-24(38)14-4-2-6-16(12-14)26(28,29)30)21(23(36)37)42-25(39)15-5-3-7-17(13-15)27(31,32)33/h2-13,20-21H,1H3,(H,34,35)(H,36,37)/t20-,21+/m1/s1. The van der Waals surface area contributed by atoms with Gasteiger partial charge in [-0.1, -0.05) is 12.1 Å². The molecule has 0 radical (unpaired) electrons. The number of anilines is 1. The summed E-state index contributed by atoms with van der Waals surface area (Å²) < 4.78 is 93.3. The molecule has 0 aliphatic heterocycles. The van der Waals surface area contributed by atoms with Crippen molar-refractivity contribution in [2.45, 2.75) is 24.6 Å². The molecule has 42 heavy (non-hydrogen) atoms. The van der Waals surface area contributed by atoms with Crippen molar-refractivity contribution in [2.24, 2.45) is 0 Å². The number of nitrogens with one attached hydrogen (secondary N) is 1. The number of esters is 2. The van der Waals surface area contributed by atoms with E-state index in [1.165, 1.54) is 31.4 Å². The average molecular weight is 599 g/mol. The molecule has 0 unspecified atom stereocenters. The smallest absolute Gasteiger partial charge is 0.416 e. The van der Waals surface area contributed by atoms with E-state index in [1.54, 1.807) is 0 Å². The van der Waals surface area contributed by atoms with Crippen LogP contribution in [0.15, 0.2) is 72.8 Å². The summed E-state index contributed by atoms with van der Waals surface area (Å²) >= 11 is 0. The van der Waals surface area contributed by atoms with Crippen LogP contribution in [0.4, 0.5) is 32.0 Å². The molecule has 0 fully saturated rings. The van der Waals surface area contributed by atoms with Crippen molar-refractivity contribution in [1.29, 1.82) is 0 Å². The lowest BCUT2D eigenvalue weighted by Crippen LogP contribution is -2.48. The van der Waals surface area contributed by atoms with E-state index in [4.69, 9.17) is 14.2 Å². The van der Waals surface area contributed by atoms with E-state index in [1.807, 2.05) is 0 Å². The molecule has 0 spiro atoms. The van der Waals surface area contributed by atoms with Crippen molar-refractivity contribution in [3.05, 3.63) is 95.1 Å². The van der Waals surface area contributed by atoms with Gasteiger partial charge in [0.15, 0.2) is 0 Å². The van der Waals surface area contributed by atoms with Crippen LogP contribution < -0.4 is 10.1 Å². The van der Waals surface area contributed by atoms with Gasteiger partial charge in [-0.3, -0.25) is 4.79 Å². The van der Waals surface area contributed by atoms with E-state index in [9.17, 15) is 50.6 Å². The summed E-state index contributed by atoms with van der Waals surface area (Å²) in [5.74, 6) is -6.34. The molecule has 3 aromatic rings. The lowest BCUT2D eigenvalue weighted by atomic mass is 10.1. The SMILES string of the molecule is COc1ccc(NC(=O)[C@H](OC(=O)c2cccc(C(F)(F)F)c2)[C@H](OC(=O)c2cccc(C(F)(F)F)c2)C(=O)O)cc1. The molecule has 15 heteroatoms. The van der Waals surface area contributed by atoms with Crippen LogP contribution >= 0.6 is 0 Å². The van der Waals surface area contributed by atoms with Gasteiger partial charge in [-0.15, -0.1) is 0 Å². The molecule has 0 heterocycles. The van der Waals surface area contributed by atoms with Gasteiger partial charge in [-0.2, -0.15) is 26.3 Å². The first-order valence-corrected chi connectivity index (χ1v) is 11.5. The molecule has 9 nitrogen and oxygen atoms in total. The Labute approximate surface area is 232 Å². The first-order chi connectivity index (χ1) is 19.6. The predicted molar refractivity (Wildman–Crippen MR) is 131 cm³/mol. The quantitative estimate of drug-likeness (QED) is 0.254. The lowest BCUT2D eigenvalue weighted by molar-refractivity contribution is -0.157. The summed E-state index contributed by atoms with van der Waals surface area (Å²) in [6.45, 7) is 0. The number of methoxy groups -OCH3 is 1. The number of carbonyl (C=O) groups excluding carboxylic acids is 3. The Morgan fingerprint density at radius 2 is 1.17 bits per heavy atom. The molecule has 222 valence electrons. The second-order valence-corrected chi connectivity index (χ2v) is 8.36. The number of hydrogen-bond donors (Lipinski definition) is 2. The number of halogens is 6. The molecule has 0 aliphatic rings. The van der Waals surface area contributed by atoms with E-state index >= 15 is 0 Å². The summed E-state index contributed by atoms with van der Waals surface area (Å²) in [7, 11) is 1.35. The summed E-state index contributed by atoms with van der Waals surface area (Å²) in [4.78, 5) is 50.6. The zero-order chi connectivity index (χ0) is 31.2. The summed E-state index contributed by atoms with van der Waals surface area (Å²) in [5.41, 5.74) is -4.01. The van der Waals surface area contributed by atoms with Crippen LogP contribution in [0.25, 0.3) is 0 Å². The van der Waals surface area contributed by atoms with Gasteiger partial charge in [0.2, 0.25) is 12.2 Å². The maximum Gasteiger partial charge on any atom is 0.416 e. The zero-order valence-electron chi connectivity index (χ0n) is 21.2. The minimum absolute atomic E-state index is 0.00858. The largest absolute Gasteiger partial charge is 0.497 e. The normalized spacial score (nSPS) is 12.9. The minimum atomic E-state index is -4.87. The third-order valence-corrected chi connectivity index (χ3v) is 5.45. The van der Waals surface area contributed by atoms with E-state index in [0.717, 1.165) is 24.3 Å². The molecule has 0 saturated heterocycles. The van der Waals surface area contributed by atoms with Crippen LogP contribution in [-0.2, 0) is 31.4 Å². The van der Waals surface area contributed by atoms with Crippen molar-refractivity contribution in [2.75, 3.05) is 12.4 Å². The number of alkyl halides is 6. The van der Waals surface area contributed by atoms with Gasteiger partial charge < -0.3 is 24.6 Å². The molecule has 1 amide bonds. The Morgan fingerprint density at radius 3 is 1.57 bits per heavy atom. The fourth-order valence-corrected chi connectivity index (χ4v) is 3.39. The molecule has 2 atom stereocenters. The average Bonchev–Trinajstić information content (AvgIpc) is 2.94. The maximum atomic E-state index is 13.1. The third-order valence-electron chi connectivity index (χ3n) is 5.45. The van der Waals surface area contributed by atoms with Crippen LogP contribution in [0.5, 0.6) is 5.75 Å². The van der Waals surface area contributed by atoms with Gasteiger partial charge in [0, 0.05) is 5.69 Å². The predicted octanol–water partition coefficient (Wildman–Crippen LogP) is 5.21. The van der Waals surface area contributed by atoms with Crippen LogP contribution in [0.1, 0.15) is 31.8 Å². The van der Waals surface area contributed by atoms with Crippen molar-refractivity contribution in [1.82, 2.24) is 0 Å². The number of carboxylic acid groups (broad SMARTS) is 1. The Kier molecular flexibility index (Phi) is 9.45. The highest BCUT2D eigenvalue weighted by Crippen LogP contribution is 2.31. The molecular formula is C27H19F6NO8. The highest BCUT2D eigenvalue weighted by Gasteiger charge is 2.42. The first-order valence-electron chi connectivity index (χ1n) is 11.5. The minimum Gasteiger partial charge on any atom is -0.497 e. The maximum absolute atomic E-state index is 13.1.